The molecule has 9 heteroatoms. The summed E-state index contributed by atoms with van der Waals surface area (Å²) in [6.07, 6.45) is 5.48. The summed E-state index contributed by atoms with van der Waals surface area (Å²) in [6, 6.07) is 15.4. The van der Waals surface area contributed by atoms with Gasteiger partial charge in [-0.15, -0.1) is 11.3 Å². The van der Waals surface area contributed by atoms with Gasteiger partial charge in [-0.25, -0.2) is 0 Å². The number of carbonyl (C=O) groups is 1. The van der Waals surface area contributed by atoms with E-state index < -0.39 is 5.91 Å². The Balaban J connectivity index is 1.52. The van der Waals surface area contributed by atoms with Crippen LogP contribution in [0.25, 0.3) is 6.08 Å². The van der Waals surface area contributed by atoms with E-state index in [2.05, 4.69) is 56.6 Å². The summed E-state index contributed by atoms with van der Waals surface area (Å²) in [7, 11) is 0. The molecule has 3 aromatic rings. The molecule has 0 atom stereocenters. The summed E-state index contributed by atoms with van der Waals surface area (Å²) in [5, 5.41) is 23.3. The van der Waals surface area contributed by atoms with E-state index in [0.717, 1.165) is 60.1 Å². The van der Waals surface area contributed by atoms with Crippen molar-refractivity contribution in [1.82, 2.24) is 0 Å². The number of benzene rings is 2. The normalized spacial score (nSPS) is 12.9. The minimum atomic E-state index is -0.518. The molecule has 0 radical (unpaired) electrons. The van der Waals surface area contributed by atoms with E-state index in [1.807, 2.05) is 42.5 Å². The number of aryl methyl sites for hydroxylation is 1. The molecule has 1 amide bonds. The van der Waals surface area contributed by atoms with Crippen LogP contribution in [0.2, 0.25) is 5.02 Å². The minimum absolute atomic E-state index is 0.0262. The van der Waals surface area contributed by atoms with Gasteiger partial charge in [0.1, 0.15) is 35.1 Å². The Labute approximate surface area is 240 Å². The third-order valence-electron chi connectivity index (χ3n) is 5.50. The number of rotatable bonds is 6. The van der Waals surface area contributed by atoms with Crippen LogP contribution >= 0.6 is 68.1 Å². The minimum Gasteiger partial charge on any atom is -0.487 e. The van der Waals surface area contributed by atoms with Crippen molar-refractivity contribution in [3.05, 3.63) is 81.3 Å². The maximum Gasteiger partial charge on any atom is 0.266 e. The molecular formula is C26H18ClI2N3O2S. The van der Waals surface area contributed by atoms with E-state index in [1.54, 1.807) is 6.08 Å². The molecule has 2 aromatic carbocycles. The van der Waals surface area contributed by atoms with Gasteiger partial charge in [0.05, 0.1) is 12.7 Å². The van der Waals surface area contributed by atoms with E-state index in [9.17, 15) is 15.3 Å². The van der Waals surface area contributed by atoms with E-state index in [1.165, 1.54) is 11.3 Å². The van der Waals surface area contributed by atoms with Crippen LogP contribution in [0.5, 0.6) is 5.75 Å². The molecule has 1 aromatic heterocycles. The second-order valence-electron chi connectivity index (χ2n) is 7.88. The van der Waals surface area contributed by atoms with Gasteiger partial charge in [0.25, 0.3) is 5.91 Å². The van der Waals surface area contributed by atoms with Crippen molar-refractivity contribution in [3.8, 4) is 17.9 Å². The zero-order valence-electron chi connectivity index (χ0n) is 18.3. The topological polar surface area (TPSA) is 85.9 Å². The lowest BCUT2D eigenvalue weighted by atomic mass is 9.96. The lowest BCUT2D eigenvalue weighted by molar-refractivity contribution is -0.112. The summed E-state index contributed by atoms with van der Waals surface area (Å²) in [5.41, 5.74) is 3.26. The Kier molecular flexibility index (Phi) is 8.71. The van der Waals surface area contributed by atoms with Crippen molar-refractivity contribution < 1.29 is 9.53 Å². The lowest BCUT2D eigenvalue weighted by Crippen LogP contribution is -2.13. The number of nitrogens with one attached hydrogen (secondary N) is 1. The van der Waals surface area contributed by atoms with Crippen LogP contribution in [0.4, 0.5) is 5.00 Å². The quantitative estimate of drug-likeness (QED) is 0.162. The molecule has 176 valence electrons. The zero-order chi connectivity index (χ0) is 24.9. The van der Waals surface area contributed by atoms with Gasteiger partial charge < -0.3 is 10.1 Å². The third kappa shape index (κ3) is 6.18. The predicted molar refractivity (Wildman–Crippen MR) is 156 cm³/mol. The highest BCUT2D eigenvalue weighted by molar-refractivity contribution is 14.1. The molecule has 0 fully saturated rings. The summed E-state index contributed by atoms with van der Waals surface area (Å²) in [6.45, 7) is 0.399. The van der Waals surface area contributed by atoms with E-state index >= 15 is 0 Å². The molecule has 1 aliphatic rings. The van der Waals surface area contributed by atoms with Crippen molar-refractivity contribution in [2.75, 3.05) is 5.32 Å². The number of fused-ring (bicyclic) bond motifs is 1. The monoisotopic (exact) mass is 725 g/mol. The first-order valence-corrected chi connectivity index (χ1v) is 14.1. The van der Waals surface area contributed by atoms with Crippen LogP contribution < -0.4 is 10.1 Å². The fourth-order valence-corrected chi connectivity index (χ4v) is 7.28. The van der Waals surface area contributed by atoms with Crippen molar-refractivity contribution >= 4 is 85.1 Å². The van der Waals surface area contributed by atoms with Crippen LogP contribution in [0.15, 0.2) is 42.0 Å². The van der Waals surface area contributed by atoms with Gasteiger partial charge in [0, 0.05) is 9.90 Å². The largest absolute Gasteiger partial charge is 0.487 e. The fraction of sp³-hybridized carbons (Fsp3) is 0.192. The number of hydrogen-bond donors (Lipinski definition) is 1. The third-order valence-corrected chi connectivity index (χ3v) is 8.57. The molecule has 1 heterocycles. The molecule has 1 aliphatic carbocycles. The highest BCUT2D eigenvalue weighted by Crippen LogP contribution is 2.38. The Hall–Kier alpha value is -2.12. The van der Waals surface area contributed by atoms with Crippen molar-refractivity contribution in [2.24, 2.45) is 0 Å². The van der Waals surface area contributed by atoms with Crippen molar-refractivity contribution in [3.63, 3.8) is 0 Å². The van der Waals surface area contributed by atoms with Gasteiger partial charge in [-0.2, -0.15) is 10.5 Å². The van der Waals surface area contributed by atoms with Crippen molar-refractivity contribution in [1.29, 1.82) is 10.5 Å². The average Bonchev–Trinajstić information content (AvgIpc) is 3.19. The van der Waals surface area contributed by atoms with Crippen LogP contribution in [0.1, 0.15) is 40.0 Å². The number of hydrogen-bond acceptors (Lipinski definition) is 5. The summed E-state index contributed by atoms with van der Waals surface area (Å²) in [5.74, 6) is 0.222. The second-order valence-corrected chi connectivity index (χ2v) is 11.7. The number of nitrogens with zero attached hydrogens (tertiary/aromatic N) is 2. The van der Waals surface area contributed by atoms with Gasteiger partial charge in [0.15, 0.2) is 0 Å². The zero-order valence-corrected chi connectivity index (χ0v) is 24.2. The van der Waals surface area contributed by atoms with Gasteiger partial charge in [-0.3, -0.25) is 4.79 Å². The fourth-order valence-electron chi connectivity index (χ4n) is 3.79. The first kappa shape index (κ1) is 26.0. The Morgan fingerprint density at radius 1 is 1.14 bits per heavy atom. The van der Waals surface area contributed by atoms with Gasteiger partial charge in [-0.05, 0) is 118 Å². The standard InChI is InChI=1S/C26H18ClI2N3O2S/c27-18-7-5-15(6-8-18)14-34-24-21(28)10-16(11-22(24)29)9-17(12-30)25(33)32-26-20(13-31)19-3-1-2-4-23(19)35-26/h5-11H,1-4,14H2,(H,32,33)/b17-9+. The molecule has 35 heavy (non-hydrogen) atoms. The summed E-state index contributed by atoms with van der Waals surface area (Å²) in [4.78, 5) is 14.1. The first-order valence-electron chi connectivity index (χ1n) is 10.7. The van der Waals surface area contributed by atoms with Crippen LogP contribution in [-0.2, 0) is 24.2 Å². The maximum absolute atomic E-state index is 12.9. The molecular weight excluding hydrogens is 708 g/mol. The highest BCUT2D eigenvalue weighted by Gasteiger charge is 2.23. The smallest absolute Gasteiger partial charge is 0.266 e. The average molecular weight is 726 g/mol. The Morgan fingerprint density at radius 3 is 2.49 bits per heavy atom. The van der Waals surface area contributed by atoms with Crippen molar-refractivity contribution in [2.45, 2.75) is 32.3 Å². The second kappa shape index (κ2) is 11.7. The van der Waals surface area contributed by atoms with E-state index in [0.29, 0.717) is 22.2 Å². The Bertz CT molecular complexity index is 1380. The molecule has 0 aliphatic heterocycles. The van der Waals surface area contributed by atoms with Crippen LogP contribution in [0, 0.1) is 29.8 Å². The van der Waals surface area contributed by atoms with Gasteiger partial charge >= 0.3 is 0 Å². The van der Waals surface area contributed by atoms with Crippen LogP contribution in [-0.4, -0.2) is 5.91 Å². The summed E-state index contributed by atoms with van der Waals surface area (Å²) >= 11 is 11.8. The molecule has 0 saturated heterocycles. The number of amides is 1. The predicted octanol–water partition coefficient (Wildman–Crippen LogP) is 7.49. The molecule has 1 N–H and O–H groups in total. The van der Waals surface area contributed by atoms with E-state index in [4.69, 9.17) is 16.3 Å². The molecule has 0 spiro atoms. The molecule has 0 saturated carbocycles. The number of ether oxygens (including phenoxy) is 1. The first-order chi connectivity index (χ1) is 16.9. The molecule has 4 rings (SSSR count). The number of nitriles is 2. The summed E-state index contributed by atoms with van der Waals surface area (Å²) < 4.78 is 7.75. The Morgan fingerprint density at radius 2 is 1.83 bits per heavy atom. The molecule has 0 bridgehead atoms. The SMILES string of the molecule is N#C/C(=C\c1cc(I)c(OCc2ccc(Cl)cc2)c(I)c1)C(=O)Nc1sc2c(c1C#N)CCCC2. The number of carbonyl (C=O) groups excluding carboxylic acids is 1. The maximum atomic E-state index is 12.9. The van der Waals surface area contributed by atoms with E-state index in [-0.39, 0.29) is 5.57 Å². The number of anilines is 1. The van der Waals surface area contributed by atoms with Gasteiger partial charge in [0.2, 0.25) is 0 Å². The number of halogens is 3. The molecule has 0 unspecified atom stereocenters. The number of thiophene rings is 1. The lowest BCUT2D eigenvalue weighted by Gasteiger charge is -2.12. The van der Waals surface area contributed by atoms with Crippen LogP contribution in [0.3, 0.4) is 0 Å². The highest BCUT2D eigenvalue weighted by atomic mass is 127. The molecule has 5 nitrogen and oxygen atoms in total. The van der Waals surface area contributed by atoms with Gasteiger partial charge in [-0.1, -0.05) is 23.7 Å².